The average Bonchev–Trinajstić information content (AvgIpc) is 2.83. The first-order valence-electron chi connectivity index (χ1n) is 6.95. The third-order valence-corrected chi connectivity index (χ3v) is 3.32. The maximum Gasteiger partial charge on any atom is 0.243 e. The molecular weight excluding hydrogens is 260 g/mol. The first-order valence-corrected chi connectivity index (χ1v) is 6.95. The highest BCUT2D eigenvalue weighted by atomic mass is 16.2. The molecule has 0 saturated carbocycles. The van der Waals surface area contributed by atoms with Gasteiger partial charge in [-0.2, -0.15) is 0 Å². The van der Waals surface area contributed by atoms with Crippen molar-refractivity contribution in [3.05, 3.63) is 0 Å². The summed E-state index contributed by atoms with van der Waals surface area (Å²) in [7, 11) is 0. The number of likely N-dealkylation sites (tertiary alicyclic amines) is 1. The van der Waals surface area contributed by atoms with E-state index in [4.69, 9.17) is 11.5 Å². The molecule has 7 nitrogen and oxygen atoms in total. The van der Waals surface area contributed by atoms with Gasteiger partial charge in [-0.1, -0.05) is 13.8 Å². The van der Waals surface area contributed by atoms with Gasteiger partial charge in [0, 0.05) is 6.54 Å². The molecule has 1 aliphatic heterocycles. The van der Waals surface area contributed by atoms with E-state index >= 15 is 0 Å². The van der Waals surface area contributed by atoms with Gasteiger partial charge in [0.15, 0.2) is 0 Å². The van der Waals surface area contributed by atoms with Gasteiger partial charge >= 0.3 is 0 Å². The standard InChI is InChI=1S/C13H24N4O3/c1-8(2)6-9(14)13(20)17-5-3-4-10(17)12(19)16-7-11(15)18/h8-10H,3-7,14H2,1-2H3,(H2,15,18)(H,16,19)/t9-,10-/m0/s1. The van der Waals surface area contributed by atoms with Crippen LogP contribution in [0.3, 0.4) is 0 Å². The molecule has 20 heavy (non-hydrogen) atoms. The smallest absolute Gasteiger partial charge is 0.243 e. The van der Waals surface area contributed by atoms with Crippen molar-refractivity contribution in [2.24, 2.45) is 17.4 Å². The minimum absolute atomic E-state index is 0.199. The van der Waals surface area contributed by atoms with Gasteiger partial charge < -0.3 is 21.7 Å². The minimum atomic E-state index is -0.606. The largest absolute Gasteiger partial charge is 0.368 e. The molecule has 1 rings (SSSR count). The molecule has 0 bridgehead atoms. The highest BCUT2D eigenvalue weighted by Crippen LogP contribution is 2.19. The molecule has 2 atom stereocenters. The molecule has 0 spiro atoms. The molecule has 0 unspecified atom stereocenters. The van der Waals surface area contributed by atoms with E-state index in [9.17, 15) is 14.4 Å². The second-order valence-corrected chi connectivity index (χ2v) is 5.61. The molecule has 1 fully saturated rings. The van der Waals surface area contributed by atoms with Crippen molar-refractivity contribution in [1.29, 1.82) is 0 Å². The van der Waals surface area contributed by atoms with E-state index in [0.717, 1.165) is 6.42 Å². The average molecular weight is 284 g/mol. The number of nitrogens with zero attached hydrogens (tertiary/aromatic N) is 1. The van der Waals surface area contributed by atoms with Crippen molar-refractivity contribution < 1.29 is 14.4 Å². The number of nitrogens with one attached hydrogen (secondary N) is 1. The molecule has 0 aromatic heterocycles. The topological polar surface area (TPSA) is 119 Å². The zero-order valence-corrected chi connectivity index (χ0v) is 12.1. The zero-order valence-electron chi connectivity index (χ0n) is 12.1. The number of carbonyl (C=O) groups excluding carboxylic acids is 3. The Bertz CT molecular complexity index is 384. The first kappa shape index (κ1) is 16.4. The van der Waals surface area contributed by atoms with Crippen LogP contribution in [-0.4, -0.2) is 47.8 Å². The Morgan fingerprint density at radius 2 is 2.00 bits per heavy atom. The van der Waals surface area contributed by atoms with Gasteiger partial charge in [-0.15, -0.1) is 0 Å². The van der Waals surface area contributed by atoms with Crippen molar-refractivity contribution in [2.45, 2.75) is 45.2 Å². The van der Waals surface area contributed by atoms with Crippen LogP contribution in [-0.2, 0) is 14.4 Å². The van der Waals surface area contributed by atoms with Gasteiger partial charge in [-0.25, -0.2) is 0 Å². The quantitative estimate of drug-likeness (QED) is 0.576. The lowest BCUT2D eigenvalue weighted by atomic mass is 10.0. The lowest BCUT2D eigenvalue weighted by molar-refractivity contribution is -0.139. The number of hydrogen-bond acceptors (Lipinski definition) is 4. The SMILES string of the molecule is CC(C)C[C@H](N)C(=O)N1CCC[C@H]1C(=O)NCC(N)=O. The molecule has 3 amide bonds. The summed E-state index contributed by atoms with van der Waals surface area (Å²) in [5.41, 5.74) is 10.9. The second kappa shape index (κ2) is 7.23. The van der Waals surface area contributed by atoms with Crippen LogP contribution < -0.4 is 16.8 Å². The maximum absolute atomic E-state index is 12.3. The van der Waals surface area contributed by atoms with Crippen molar-refractivity contribution in [3.8, 4) is 0 Å². The molecule has 5 N–H and O–H groups in total. The van der Waals surface area contributed by atoms with E-state index in [1.165, 1.54) is 4.90 Å². The Balaban J connectivity index is 2.62. The third-order valence-electron chi connectivity index (χ3n) is 3.32. The molecule has 1 aliphatic rings. The van der Waals surface area contributed by atoms with E-state index in [1.807, 2.05) is 13.8 Å². The Hall–Kier alpha value is -1.63. The molecule has 0 aliphatic carbocycles. The molecule has 0 aromatic carbocycles. The van der Waals surface area contributed by atoms with Crippen molar-refractivity contribution in [1.82, 2.24) is 10.2 Å². The van der Waals surface area contributed by atoms with Crippen LogP contribution in [0.2, 0.25) is 0 Å². The van der Waals surface area contributed by atoms with Crippen LogP contribution in [0, 0.1) is 5.92 Å². The molecule has 7 heteroatoms. The van der Waals surface area contributed by atoms with Gasteiger partial charge in [0.1, 0.15) is 6.04 Å². The highest BCUT2D eigenvalue weighted by Gasteiger charge is 2.36. The lowest BCUT2D eigenvalue weighted by Gasteiger charge is -2.27. The molecular formula is C13H24N4O3. The normalized spacial score (nSPS) is 20.0. The summed E-state index contributed by atoms with van der Waals surface area (Å²) in [6.07, 6.45) is 1.94. The third kappa shape index (κ3) is 4.48. The van der Waals surface area contributed by atoms with E-state index in [-0.39, 0.29) is 18.4 Å². The number of amides is 3. The van der Waals surface area contributed by atoms with Crippen molar-refractivity contribution in [2.75, 3.05) is 13.1 Å². The minimum Gasteiger partial charge on any atom is -0.368 e. The fraction of sp³-hybridized carbons (Fsp3) is 0.769. The van der Waals surface area contributed by atoms with E-state index in [1.54, 1.807) is 0 Å². The predicted octanol–water partition coefficient (Wildman–Crippen LogP) is -1.05. The number of rotatable bonds is 6. The Labute approximate surface area is 119 Å². The van der Waals surface area contributed by atoms with E-state index in [2.05, 4.69) is 5.32 Å². The first-order chi connectivity index (χ1) is 9.32. The Morgan fingerprint density at radius 1 is 1.35 bits per heavy atom. The zero-order chi connectivity index (χ0) is 15.3. The number of nitrogens with two attached hydrogens (primary N) is 2. The van der Waals surface area contributed by atoms with Crippen molar-refractivity contribution in [3.63, 3.8) is 0 Å². The maximum atomic E-state index is 12.3. The number of carbonyl (C=O) groups is 3. The van der Waals surface area contributed by atoms with Gasteiger partial charge in [0.05, 0.1) is 12.6 Å². The monoisotopic (exact) mass is 284 g/mol. The van der Waals surface area contributed by atoms with Crippen LogP contribution in [0.4, 0.5) is 0 Å². The summed E-state index contributed by atoms with van der Waals surface area (Å²) in [5.74, 6) is -0.828. The Kier molecular flexibility index (Phi) is 5.94. The fourth-order valence-electron chi connectivity index (χ4n) is 2.42. The number of primary amides is 1. The number of hydrogen-bond donors (Lipinski definition) is 3. The summed E-state index contributed by atoms with van der Waals surface area (Å²) in [6, 6.07) is -1.13. The van der Waals surface area contributed by atoms with Gasteiger partial charge in [-0.3, -0.25) is 14.4 Å². The summed E-state index contributed by atoms with van der Waals surface area (Å²) < 4.78 is 0. The van der Waals surface area contributed by atoms with Crippen molar-refractivity contribution >= 4 is 17.7 Å². The van der Waals surface area contributed by atoms with Crippen LogP contribution in [0.15, 0.2) is 0 Å². The van der Waals surface area contributed by atoms with E-state index in [0.29, 0.717) is 25.3 Å². The second-order valence-electron chi connectivity index (χ2n) is 5.61. The van der Waals surface area contributed by atoms with Crippen LogP contribution >= 0.6 is 0 Å². The molecule has 0 radical (unpaired) electrons. The van der Waals surface area contributed by atoms with Crippen LogP contribution in [0.1, 0.15) is 33.1 Å². The van der Waals surface area contributed by atoms with Crippen LogP contribution in [0.25, 0.3) is 0 Å². The predicted molar refractivity (Wildman–Crippen MR) is 74.4 cm³/mol. The van der Waals surface area contributed by atoms with Crippen LogP contribution in [0.5, 0.6) is 0 Å². The summed E-state index contributed by atoms with van der Waals surface area (Å²) in [5, 5.41) is 2.44. The highest BCUT2D eigenvalue weighted by molar-refractivity contribution is 5.92. The fourth-order valence-corrected chi connectivity index (χ4v) is 2.42. The Morgan fingerprint density at radius 3 is 2.55 bits per heavy atom. The van der Waals surface area contributed by atoms with Gasteiger partial charge in [-0.05, 0) is 25.2 Å². The molecule has 1 saturated heterocycles. The molecule has 0 aromatic rings. The summed E-state index contributed by atoms with van der Waals surface area (Å²) in [6.45, 7) is 4.30. The van der Waals surface area contributed by atoms with E-state index < -0.39 is 18.0 Å². The molecule has 1 heterocycles. The van der Waals surface area contributed by atoms with Gasteiger partial charge in [0.25, 0.3) is 0 Å². The lowest BCUT2D eigenvalue weighted by Crippen LogP contribution is -2.52. The summed E-state index contributed by atoms with van der Waals surface area (Å²) in [4.78, 5) is 36.4. The summed E-state index contributed by atoms with van der Waals surface area (Å²) >= 11 is 0. The molecule has 114 valence electrons. The van der Waals surface area contributed by atoms with Gasteiger partial charge in [0.2, 0.25) is 17.7 Å².